The van der Waals surface area contributed by atoms with Crippen LogP contribution in [-0.2, 0) is 4.79 Å². The Labute approximate surface area is 36.9 Å². The van der Waals surface area contributed by atoms with Gasteiger partial charge in [0, 0.05) is 0 Å². The Balaban J connectivity index is 2.86. The van der Waals surface area contributed by atoms with Crippen LogP contribution in [0, 0.1) is 6.54 Å². The fourth-order valence-electron chi connectivity index (χ4n) is 0.129. The fourth-order valence-corrected chi connectivity index (χ4v) is 0.129. The monoisotopic (exact) mass is 84.0 g/mol. The molecule has 2 nitrogen and oxygen atoms in total. The molecule has 0 aliphatic heterocycles. The van der Waals surface area contributed by atoms with Crippen LogP contribution in [0.1, 0.15) is 13.3 Å². The Hall–Kier alpha value is -0.620. The molecule has 0 aliphatic carbocycles. The molecule has 0 aliphatic rings. The van der Waals surface area contributed by atoms with Crippen molar-refractivity contribution < 1.29 is 4.79 Å². The summed E-state index contributed by atoms with van der Waals surface area (Å²) in [6.07, 6.45) is 2.19. The molecule has 6 heavy (non-hydrogen) atoms. The first-order chi connectivity index (χ1) is 2.91. The molecular formula is C4H6NO. The van der Waals surface area contributed by atoms with Crippen molar-refractivity contribution in [2.45, 2.75) is 13.3 Å². The fraction of sp³-hybridized carbons (Fsp3) is 0.500. The van der Waals surface area contributed by atoms with Gasteiger partial charge in [0.25, 0.3) is 0 Å². The molecule has 0 rings (SSSR count). The van der Waals surface area contributed by atoms with Gasteiger partial charge in [-0.25, -0.2) is 9.79 Å². The van der Waals surface area contributed by atoms with E-state index in [9.17, 15) is 4.79 Å². The van der Waals surface area contributed by atoms with Crippen LogP contribution in [0.2, 0.25) is 0 Å². The average Bonchev–Trinajstić information content (AvgIpc) is 1.61. The van der Waals surface area contributed by atoms with Gasteiger partial charge in [-0.3, -0.25) is 0 Å². The first kappa shape index (κ1) is 5.38. The molecule has 0 heterocycles. The van der Waals surface area contributed by atoms with Crippen LogP contribution in [0.3, 0.4) is 0 Å². The van der Waals surface area contributed by atoms with E-state index in [2.05, 4.69) is 4.99 Å². The molecule has 2 heteroatoms. The number of hydrogen-bond donors (Lipinski definition) is 0. The van der Waals surface area contributed by atoms with Gasteiger partial charge in [0.15, 0.2) is 0 Å². The molecule has 0 unspecified atom stereocenters. The summed E-state index contributed by atoms with van der Waals surface area (Å²) in [7, 11) is 0. The Bertz CT molecular complexity index is 63.9. The third-order valence-electron chi connectivity index (χ3n) is 0.327. The maximum atomic E-state index is 9.24. The molecule has 0 spiro atoms. The molecule has 1 radical (unpaired) electrons. The minimum absolute atomic E-state index is 0.801. The summed E-state index contributed by atoms with van der Waals surface area (Å²) in [6.45, 7) is 3.41. The van der Waals surface area contributed by atoms with Crippen molar-refractivity contribution in [3.63, 3.8) is 0 Å². The van der Waals surface area contributed by atoms with Gasteiger partial charge in [-0.1, -0.05) is 6.92 Å². The lowest BCUT2D eigenvalue weighted by Crippen LogP contribution is -1.58. The third kappa shape index (κ3) is 3.38. The molecule has 33 valence electrons. The number of isocyanates is 1. The smallest absolute Gasteiger partial charge is 0.211 e. The van der Waals surface area contributed by atoms with Crippen LogP contribution >= 0.6 is 0 Å². The molecule has 0 aromatic carbocycles. The molecule has 0 bridgehead atoms. The van der Waals surface area contributed by atoms with E-state index in [1.54, 1.807) is 0 Å². The van der Waals surface area contributed by atoms with E-state index >= 15 is 0 Å². The lowest BCUT2D eigenvalue weighted by molar-refractivity contribution is 0.564. The van der Waals surface area contributed by atoms with Crippen LogP contribution in [-0.4, -0.2) is 6.08 Å². The van der Waals surface area contributed by atoms with Crippen molar-refractivity contribution >= 4 is 6.08 Å². The number of aliphatic imine (C=N–C) groups is 1. The highest BCUT2D eigenvalue weighted by molar-refractivity contribution is 5.33. The van der Waals surface area contributed by atoms with Crippen LogP contribution in [0.25, 0.3) is 0 Å². The summed E-state index contributed by atoms with van der Waals surface area (Å²) < 4.78 is 0. The number of rotatable bonds is 2. The molecular weight excluding hydrogens is 78.0 g/mol. The summed E-state index contributed by atoms with van der Waals surface area (Å²) in [6, 6.07) is 0. The quantitative estimate of drug-likeness (QED) is 0.361. The first-order valence-electron chi connectivity index (χ1n) is 1.80. The van der Waals surface area contributed by atoms with Crippen LogP contribution in [0.4, 0.5) is 0 Å². The molecule has 0 N–H and O–H groups in total. The summed E-state index contributed by atoms with van der Waals surface area (Å²) in [5.74, 6) is 0. The van der Waals surface area contributed by atoms with Gasteiger partial charge in [0.2, 0.25) is 6.08 Å². The Morgan fingerprint density at radius 2 is 2.67 bits per heavy atom. The van der Waals surface area contributed by atoms with Crippen molar-refractivity contribution in [1.82, 2.24) is 0 Å². The summed E-state index contributed by atoms with van der Waals surface area (Å²) in [5, 5.41) is 0. The second kappa shape index (κ2) is 4.38. The number of carbonyl (C=O) groups excluding carboxylic acids is 1. The minimum Gasteiger partial charge on any atom is -0.211 e. The molecule has 0 amide bonds. The van der Waals surface area contributed by atoms with Crippen LogP contribution < -0.4 is 0 Å². The Morgan fingerprint density at radius 3 is 2.83 bits per heavy atom. The lowest BCUT2D eigenvalue weighted by Gasteiger charge is -1.70. The molecule has 0 aromatic rings. The van der Waals surface area contributed by atoms with Crippen molar-refractivity contribution in [2.24, 2.45) is 4.99 Å². The van der Waals surface area contributed by atoms with Gasteiger partial charge in [0.05, 0.1) is 6.54 Å². The van der Waals surface area contributed by atoms with Gasteiger partial charge >= 0.3 is 0 Å². The standard InChI is InChI=1S/C4H6NO/c1-2-3-5-4-6/h3H,2H2,1H3. The lowest BCUT2D eigenvalue weighted by atomic mass is 10.5. The molecule has 0 saturated heterocycles. The second-order valence-corrected chi connectivity index (χ2v) is 0.811. The van der Waals surface area contributed by atoms with Gasteiger partial charge in [0.1, 0.15) is 0 Å². The SMILES string of the molecule is CC[CH]N=C=O. The number of hydrogen-bond acceptors (Lipinski definition) is 2. The zero-order chi connectivity index (χ0) is 4.83. The minimum atomic E-state index is 0.801. The van der Waals surface area contributed by atoms with E-state index in [-0.39, 0.29) is 0 Å². The van der Waals surface area contributed by atoms with E-state index < -0.39 is 0 Å². The largest absolute Gasteiger partial charge is 0.235 e. The van der Waals surface area contributed by atoms with Gasteiger partial charge < -0.3 is 0 Å². The predicted molar refractivity (Wildman–Crippen MR) is 22.7 cm³/mol. The summed E-state index contributed by atoms with van der Waals surface area (Å²) in [5.41, 5.74) is 0. The molecule has 0 atom stereocenters. The van der Waals surface area contributed by atoms with Gasteiger partial charge in [-0.2, -0.15) is 0 Å². The molecule has 0 saturated carbocycles. The summed E-state index contributed by atoms with van der Waals surface area (Å²) in [4.78, 5) is 12.4. The highest BCUT2D eigenvalue weighted by atomic mass is 16.1. The highest BCUT2D eigenvalue weighted by Crippen LogP contribution is 1.79. The Morgan fingerprint density at radius 1 is 2.00 bits per heavy atom. The van der Waals surface area contributed by atoms with Crippen molar-refractivity contribution in [3.05, 3.63) is 6.54 Å². The maximum Gasteiger partial charge on any atom is 0.235 e. The summed E-state index contributed by atoms with van der Waals surface area (Å²) >= 11 is 0. The van der Waals surface area contributed by atoms with Gasteiger partial charge in [-0.15, -0.1) is 0 Å². The first-order valence-corrected chi connectivity index (χ1v) is 1.80. The van der Waals surface area contributed by atoms with Crippen molar-refractivity contribution in [1.29, 1.82) is 0 Å². The zero-order valence-corrected chi connectivity index (χ0v) is 3.64. The van der Waals surface area contributed by atoms with E-state index in [4.69, 9.17) is 0 Å². The van der Waals surface area contributed by atoms with Crippen molar-refractivity contribution in [3.8, 4) is 0 Å². The average molecular weight is 84.1 g/mol. The van der Waals surface area contributed by atoms with Crippen LogP contribution in [0.5, 0.6) is 0 Å². The zero-order valence-electron chi connectivity index (χ0n) is 3.64. The topological polar surface area (TPSA) is 29.4 Å². The van der Waals surface area contributed by atoms with E-state index in [0.29, 0.717) is 0 Å². The Kier molecular flexibility index (Phi) is 3.93. The molecule has 0 aromatic heterocycles. The second-order valence-electron chi connectivity index (χ2n) is 0.811. The normalized spacial score (nSPS) is 6.83. The molecule has 0 fully saturated rings. The highest BCUT2D eigenvalue weighted by Gasteiger charge is 1.67. The van der Waals surface area contributed by atoms with Crippen LogP contribution in [0.15, 0.2) is 4.99 Å². The van der Waals surface area contributed by atoms with Gasteiger partial charge in [-0.05, 0) is 6.42 Å². The van der Waals surface area contributed by atoms with E-state index in [1.165, 1.54) is 12.6 Å². The van der Waals surface area contributed by atoms with E-state index in [1.807, 2.05) is 6.92 Å². The third-order valence-corrected chi connectivity index (χ3v) is 0.327. The van der Waals surface area contributed by atoms with E-state index in [0.717, 1.165) is 6.42 Å². The number of nitrogens with zero attached hydrogens (tertiary/aromatic N) is 1. The maximum absolute atomic E-state index is 9.24. The predicted octanol–water partition coefficient (Wildman–Crippen LogP) is 0.894. The van der Waals surface area contributed by atoms with Crippen molar-refractivity contribution in [2.75, 3.05) is 0 Å².